The molecule has 0 radical (unpaired) electrons. The van der Waals surface area contributed by atoms with Gasteiger partial charge in [-0.25, -0.2) is 27.9 Å². The first-order valence-corrected chi connectivity index (χ1v) is 11.0. The van der Waals surface area contributed by atoms with Crippen molar-refractivity contribution < 1.29 is 31.5 Å². The lowest BCUT2D eigenvalue weighted by atomic mass is 10.2. The van der Waals surface area contributed by atoms with Crippen LogP contribution in [0.2, 0.25) is 0 Å². The molecule has 14 heteroatoms. The van der Waals surface area contributed by atoms with Crippen LogP contribution in [0.5, 0.6) is 0 Å². The molecule has 3 heterocycles. The minimum absolute atomic E-state index is 0.0502. The molecule has 2 aromatic heterocycles. The second-order valence-electron chi connectivity index (χ2n) is 6.40. The minimum Gasteiger partial charge on any atom is -0.475 e. The van der Waals surface area contributed by atoms with Gasteiger partial charge in [0.15, 0.2) is 0 Å². The maximum absolute atomic E-state index is 11.4. The lowest BCUT2D eigenvalue weighted by Gasteiger charge is -2.34. The number of aryl methyl sites for hydroxylation is 1. The molecule has 1 aliphatic rings. The van der Waals surface area contributed by atoms with Crippen LogP contribution in [-0.4, -0.2) is 64.5 Å². The highest BCUT2D eigenvalue weighted by Crippen LogP contribution is 2.24. The predicted octanol–water partition coefficient (Wildman–Crippen LogP) is 1.39. The van der Waals surface area contributed by atoms with E-state index in [1.165, 1.54) is 11.1 Å². The van der Waals surface area contributed by atoms with E-state index in [0.717, 1.165) is 31.0 Å². The minimum atomic E-state index is -5.08. The topological polar surface area (TPSA) is 117 Å². The summed E-state index contributed by atoms with van der Waals surface area (Å²) in [5.41, 5.74) is 4.03. The number of thiazole rings is 1. The summed E-state index contributed by atoms with van der Waals surface area (Å²) in [6.45, 7) is 4.82. The van der Waals surface area contributed by atoms with E-state index in [1.54, 1.807) is 17.7 Å². The summed E-state index contributed by atoms with van der Waals surface area (Å²) in [4.78, 5) is 20.9. The Balaban J connectivity index is 0.000000370. The number of halogens is 3. The quantitative estimate of drug-likeness (QED) is 0.700. The molecule has 2 aromatic rings. The van der Waals surface area contributed by atoms with Gasteiger partial charge in [-0.3, -0.25) is 4.90 Å². The monoisotopic (exact) mass is 455 g/mol. The van der Waals surface area contributed by atoms with Gasteiger partial charge in [-0.2, -0.15) is 13.2 Å². The van der Waals surface area contributed by atoms with Crippen LogP contribution >= 0.6 is 11.3 Å². The predicted molar refractivity (Wildman–Crippen MR) is 98.8 cm³/mol. The normalized spacial score (nSPS) is 17.3. The van der Waals surface area contributed by atoms with Crippen LogP contribution < -0.4 is 4.72 Å². The average molecular weight is 455 g/mol. The molecule has 3 rings (SSSR count). The summed E-state index contributed by atoms with van der Waals surface area (Å²) in [5.74, 6) is -2.76. The molecule has 1 unspecified atom stereocenters. The number of carbonyl (C=O) groups is 1. The number of alkyl halides is 3. The number of imidazole rings is 1. The molecule has 2 N–H and O–H groups in total. The van der Waals surface area contributed by atoms with E-state index in [0.29, 0.717) is 6.54 Å². The molecule has 0 saturated carbocycles. The number of aliphatic carboxylic acids is 1. The number of sulfonamides is 1. The molecule has 0 bridgehead atoms. The number of hydrogen-bond donors (Lipinski definition) is 2. The van der Waals surface area contributed by atoms with Crippen LogP contribution in [0.25, 0.3) is 0 Å². The van der Waals surface area contributed by atoms with Gasteiger partial charge in [0.1, 0.15) is 0 Å². The van der Waals surface area contributed by atoms with Crippen molar-refractivity contribution in [2.75, 3.05) is 19.3 Å². The zero-order valence-electron chi connectivity index (χ0n) is 15.5. The molecular formula is C15H20F3N5O4S2. The van der Waals surface area contributed by atoms with Crippen molar-refractivity contribution in [1.29, 1.82) is 0 Å². The zero-order chi connectivity index (χ0) is 21.8. The van der Waals surface area contributed by atoms with E-state index in [4.69, 9.17) is 9.90 Å². The van der Waals surface area contributed by atoms with Crippen LogP contribution in [-0.2, 0) is 27.9 Å². The zero-order valence-corrected chi connectivity index (χ0v) is 17.2. The van der Waals surface area contributed by atoms with Crippen molar-refractivity contribution >= 4 is 27.3 Å². The van der Waals surface area contributed by atoms with Crippen molar-refractivity contribution in [3.63, 3.8) is 0 Å². The maximum atomic E-state index is 11.4. The highest BCUT2D eigenvalue weighted by Gasteiger charge is 2.38. The SMILES string of the molecule is Cc1ncsc1CN1Cc2cncn2C(CNS(C)(=O)=O)C1.O=C(O)C(F)(F)F. The molecule has 29 heavy (non-hydrogen) atoms. The average Bonchev–Trinajstić information content (AvgIpc) is 3.21. The van der Waals surface area contributed by atoms with Gasteiger partial charge >= 0.3 is 12.1 Å². The number of rotatable bonds is 5. The van der Waals surface area contributed by atoms with Crippen LogP contribution in [0.15, 0.2) is 18.0 Å². The summed E-state index contributed by atoms with van der Waals surface area (Å²) >= 11 is 1.66. The maximum Gasteiger partial charge on any atom is 0.490 e. The molecule has 0 aliphatic carbocycles. The lowest BCUT2D eigenvalue weighted by molar-refractivity contribution is -0.192. The fourth-order valence-corrected chi connectivity index (χ4v) is 3.99. The van der Waals surface area contributed by atoms with Gasteiger partial charge in [-0.15, -0.1) is 11.3 Å². The van der Waals surface area contributed by atoms with Gasteiger partial charge in [0, 0.05) is 37.3 Å². The van der Waals surface area contributed by atoms with Crippen LogP contribution in [0, 0.1) is 6.92 Å². The molecule has 0 saturated heterocycles. The van der Waals surface area contributed by atoms with E-state index in [2.05, 4.69) is 24.2 Å². The number of aromatic nitrogens is 3. The second-order valence-corrected chi connectivity index (χ2v) is 9.17. The third-order valence-electron chi connectivity index (χ3n) is 4.03. The Morgan fingerprint density at radius 1 is 1.45 bits per heavy atom. The van der Waals surface area contributed by atoms with E-state index >= 15 is 0 Å². The van der Waals surface area contributed by atoms with Crippen molar-refractivity contribution in [1.82, 2.24) is 24.2 Å². The molecular weight excluding hydrogens is 435 g/mol. The first kappa shape index (κ1) is 23.3. The molecule has 162 valence electrons. The van der Waals surface area contributed by atoms with Gasteiger partial charge < -0.3 is 9.67 Å². The highest BCUT2D eigenvalue weighted by molar-refractivity contribution is 7.88. The number of carboxylic acids is 1. The van der Waals surface area contributed by atoms with Crippen molar-refractivity contribution in [3.05, 3.63) is 34.3 Å². The molecule has 0 amide bonds. The van der Waals surface area contributed by atoms with Crippen molar-refractivity contribution in [2.24, 2.45) is 0 Å². The van der Waals surface area contributed by atoms with Gasteiger partial charge in [0.2, 0.25) is 10.0 Å². The van der Waals surface area contributed by atoms with Crippen molar-refractivity contribution in [3.8, 4) is 0 Å². The smallest absolute Gasteiger partial charge is 0.475 e. The summed E-state index contributed by atoms with van der Waals surface area (Å²) in [6.07, 6.45) is -0.276. The molecule has 1 atom stereocenters. The summed E-state index contributed by atoms with van der Waals surface area (Å²) in [6, 6.07) is 0.0502. The van der Waals surface area contributed by atoms with Gasteiger partial charge in [-0.1, -0.05) is 0 Å². The number of nitrogens with zero attached hydrogens (tertiary/aromatic N) is 4. The number of nitrogens with one attached hydrogen (secondary N) is 1. The standard InChI is InChI=1S/C13H19N5O2S2.C2HF3O2/c1-10-13(21-9-15-10)7-17-5-11-3-14-8-18(11)12(6-17)4-16-22(2,19)20;3-2(4,5)1(6)7/h3,8-9,12,16H,4-7H2,1-2H3;(H,6,7). The molecule has 0 spiro atoms. The fourth-order valence-electron chi connectivity index (χ4n) is 2.67. The largest absolute Gasteiger partial charge is 0.490 e. The fraction of sp³-hybridized carbons (Fsp3) is 0.533. The number of carboxylic acid groups (broad SMARTS) is 1. The number of fused-ring (bicyclic) bond motifs is 1. The Morgan fingerprint density at radius 2 is 2.10 bits per heavy atom. The Kier molecular flexibility index (Phi) is 7.37. The first-order valence-electron chi connectivity index (χ1n) is 8.23. The third-order valence-corrected chi connectivity index (χ3v) is 5.64. The van der Waals surface area contributed by atoms with Gasteiger partial charge in [-0.05, 0) is 6.92 Å². The summed E-state index contributed by atoms with van der Waals surface area (Å²) < 4.78 is 59.1. The molecule has 0 fully saturated rings. The Bertz CT molecular complexity index is 942. The van der Waals surface area contributed by atoms with Crippen LogP contribution in [0.3, 0.4) is 0 Å². The highest BCUT2D eigenvalue weighted by atomic mass is 32.2. The molecule has 0 aromatic carbocycles. The van der Waals surface area contributed by atoms with Crippen LogP contribution in [0.1, 0.15) is 22.3 Å². The number of hydrogen-bond acceptors (Lipinski definition) is 7. The Labute approximate surface area is 169 Å². The lowest BCUT2D eigenvalue weighted by Crippen LogP contribution is -2.41. The second kappa shape index (κ2) is 9.19. The summed E-state index contributed by atoms with van der Waals surface area (Å²) in [7, 11) is -3.19. The molecule has 9 nitrogen and oxygen atoms in total. The van der Waals surface area contributed by atoms with E-state index in [-0.39, 0.29) is 6.04 Å². The summed E-state index contributed by atoms with van der Waals surface area (Å²) in [5, 5.41) is 7.12. The van der Waals surface area contributed by atoms with Gasteiger partial charge in [0.25, 0.3) is 0 Å². The van der Waals surface area contributed by atoms with Crippen molar-refractivity contribution in [2.45, 2.75) is 32.2 Å². The first-order chi connectivity index (χ1) is 13.4. The van der Waals surface area contributed by atoms with E-state index in [9.17, 15) is 21.6 Å². The molecule has 1 aliphatic heterocycles. The van der Waals surface area contributed by atoms with E-state index in [1.807, 2.05) is 18.6 Å². The van der Waals surface area contributed by atoms with Crippen LogP contribution in [0.4, 0.5) is 13.2 Å². The van der Waals surface area contributed by atoms with Gasteiger partial charge in [0.05, 0.1) is 35.5 Å². The Hall–Kier alpha value is -2.03. The van der Waals surface area contributed by atoms with E-state index < -0.39 is 22.2 Å². The third kappa shape index (κ3) is 7.06. The Morgan fingerprint density at radius 3 is 2.62 bits per heavy atom.